The number of aromatic amines is 1. The van der Waals surface area contributed by atoms with E-state index in [1.54, 1.807) is 19.1 Å². The maximum Gasteiger partial charge on any atom is 0.270 e. The first-order valence-corrected chi connectivity index (χ1v) is 14.4. The Bertz CT molecular complexity index is 2190. The van der Waals surface area contributed by atoms with E-state index in [1.807, 2.05) is 13.0 Å². The summed E-state index contributed by atoms with van der Waals surface area (Å²) in [5.74, 6) is -4.62. The molecule has 3 aromatic heterocycles. The van der Waals surface area contributed by atoms with Crippen LogP contribution in [0.2, 0.25) is 0 Å². The molecule has 0 saturated heterocycles. The van der Waals surface area contributed by atoms with E-state index < -0.39 is 41.2 Å². The van der Waals surface area contributed by atoms with Crippen LogP contribution in [-0.2, 0) is 6.54 Å². The number of aryl methyl sites for hydroxylation is 1. The van der Waals surface area contributed by atoms with Crippen LogP contribution < -0.4 is 16.0 Å². The van der Waals surface area contributed by atoms with Gasteiger partial charge in [0.05, 0.1) is 17.9 Å². The zero-order valence-corrected chi connectivity index (χ0v) is 25.3. The first-order chi connectivity index (χ1) is 23.1. The summed E-state index contributed by atoms with van der Waals surface area (Å²) in [4.78, 5) is 44.5. The summed E-state index contributed by atoms with van der Waals surface area (Å²) in [6, 6.07) is 14.8. The second kappa shape index (κ2) is 13.1. The van der Waals surface area contributed by atoms with Gasteiger partial charge in [-0.1, -0.05) is 36.4 Å². The fourth-order valence-corrected chi connectivity index (χ4v) is 4.91. The van der Waals surface area contributed by atoms with Crippen molar-refractivity contribution in [2.24, 2.45) is 0 Å². The lowest BCUT2D eigenvalue weighted by Gasteiger charge is -2.17. The summed E-state index contributed by atoms with van der Waals surface area (Å²) < 4.78 is 42.5. The predicted octanol–water partition coefficient (Wildman–Crippen LogP) is 4.31. The summed E-state index contributed by atoms with van der Waals surface area (Å²) in [7, 11) is 0. The second-order valence-corrected chi connectivity index (χ2v) is 10.7. The largest absolute Gasteiger partial charge is 0.347 e. The van der Waals surface area contributed by atoms with Gasteiger partial charge in [0.25, 0.3) is 17.7 Å². The number of aromatic nitrogens is 7. The van der Waals surface area contributed by atoms with E-state index in [4.69, 9.17) is 0 Å². The molecule has 1 atom stereocenters. The van der Waals surface area contributed by atoms with Gasteiger partial charge in [-0.2, -0.15) is 10.3 Å². The first kappa shape index (κ1) is 31.5. The van der Waals surface area contributed by atoms with E-state index in [0.717, 1.165) is 39.5 Å². The Morgan fingerprint density at radius 2 is 1.73 bits per heavy atom. The Kier molecular flexibility index (Phi) is 8.61. The number of H-pyrrole nitrogens is 1. The molecule has 4 N–H and O–H groups in total. The SMILES string of the molecule is Cc1cc([C@H](C)NC(=O)c2cc(C(=O)NCc3ccc(F)c(F)c3)nc3c(C(=O)Nc4ccccc4F)cnn23)ccc1-c1nn[nH]n1. The molecule has 3 heterocycles. The molecule has 0 aliphatic heterocycles. The molecule has 6 rings (SSSR count). The zero-order valence-electron chi connectivity index (χ0n) is 25.3. The molecular weight excluding hydrogens is 629 g/mol. The van der Waals surface area contributed by atoms with Crippen LogP contribution >= 0.6 is 0 Å². The van der Waals surface area contributed by atoms with Gasteiger partial charge in [-0.25, -0.2) is 22.7 Å². The lowest BCUT2D eigenvalue weighted by Crippen LogP contribution is -2.30. The molecular formula is C32H25F3N10O3. The summed E-state index contributed by atoms with van der Waals surface area (Å²) in [6.45, 7) is 3.42. The summed E-state index contributed by atoms with van der Waals surface area (Å²) in [6.07, 6.45) is 1.14. The summed E-state index contributed by atoms with van der Waals surface area (Å²) in [5.41, 5.74) is 1.76. The minimum absolute atomic E-state index is 0.102. The Labute approximate surface area is 269 Å². The number of fused-ring (bicyclic) bond motifs is 1. The van der Waals surface area contributed by atoms with Crippen molar-refractivity contribution in [2.45, 2.75) is 26.4 Å². The Morgan fingerprint density at radius 1 is 0.917 bits per heavy atom. The number of benzene rings is 3. The number of rotatable bonds is 9. The van der Waals surface area contributed by atoms with Crippen molar-refractivity contribution >= 4 is 29.1 Å². The van der Waals surface area contributed by atoms with Gasteiger partial charge in [-0.05, 0) is 60.0 Å². The van der Waals surface area contributed by atoms with Crippen LogP contribution in [0.25, 0.3) is 17.0 Å². The highest BCUT2D eigenvalue weighted by Gasteiger charge is 2.24. The van der Waals surface area contributed by atoms with Gasteiger partial charge in [0.15, 0.2) is 17.3 Å². The van der Waals surface area contributed by atoms with Crippen molar-refractivity contribution in [3.05, 3.63) is 124 Å². The standard InChI is InChI=1S/C32H25F3N10O3/c1-16-11-19(8-9-20(16)28-41-43-44-42-28)17(2)38-32(48)27-13-26(31(47)36-14-18-7-10-22(33)24(35)12-18)39-29-21(15-37-45(27)29)30(46)40-25-6-4-3-5-23(25)34/h3-13,15,17H,14H2,1-2H3,(H,36,47)(H,38,48)(H,40,46)(H,41,42,43,44)/t17-/m0/s1. The van der Waals surface area contributed by atoms with Crippen LogP contribution in [0, 0.1) is 24.4 Å². The quantitative estimate of drug-likeness (QED) is 0.179. The highest BCUT2D eigenvalue weighted by molar-refractivity contribution is 6.09. The molecule has 0 saturated carbocycles. The maximum absolute atomic E-state index is 14.3. The van der Waals surface area contributed by atoms with Crippen molar-refractivity contribution in [2.75, 3.05) is 5.32 Å². The molecule has 0 aliphatic rings. The van der Waals surface area contributed by atoms with Gasteiger partial charge in [0.1, 0.15) is 22.8 Å². The number of amides is 3. The highest BCUT2D eigenvalue weighted by Crippen LogP contribution is 2.24. The van der Waals surface area contributed by atoms with Gasteiger partial charge in [0, 0.05) is 18.2 Å². The number of carbonyl (C=O) groups is 3. The highest BCUT2D eigenvalue weighted by atomic mass is 19.2. The summed E-state index contributed by atoms with van der Waals surface area (Å²) in [5, 5.41) is 26.0. The molecule has 0 aliphatic carbocycles. The molecule has 3 amide bonds. The lowest BCUT2D eigenvalue weighted by molar-refractivity contribution is 0.0930. The van der Waals surface area contributed by atoms with Crippen LogP contribution in [-0.4, -0.2) is 52.9 Å². The van der Waals surface area contributed by atoms with E-state index in [0.29, 0.717) is 5.82 Å². The van der Waals surface area contributed by atoms with Gasteiger partial charge in [0.2, 0.25) is 5.82 Å². The summed E-state index contributed by atoms with van der Waals surface area (Å²) >= 11 is 0. The molecule has 0 unspecified atom stereocenters. The van der Waals surface area contributed by atoms with E-state index in [1.165, 1.54) is 36.4 Å². The molecule has 0 bridgehead atoms. The number of hydrogen-bond donors (Lipinski definition) is 4. The van der Waals surface area contributed by atoms with Crippen LogP contribution in [0.15, 0.2) is 72.9 Å². The van der Waals surface area contributed by atoms with Gasteiger partial charge in [-0.3, -0.25) is 14.4 Å². The van der Waals surface area contributed by atoms with Crippen LogP contribution in [0.1, 0.15) is 61.0 Å². The maximum atomic E-state index is 14.3. The smallest absolute Gasteiger partial charge is 0.270 e. The number of carbonyl (C=O) groups excluding carboxylic acids is 3. The monoisotopic (exact) mass is 654 g/mol. The molecule has 48 heavy (non-hydrogen) atoms. The number of anilines is 1. The molecule has 16 heteroatoms. The van der Waals surface area contributed by atoms with Crippen LogP contribution in [0.5, 0.6) is 0 Å². The van der Waals surface area contributed by atoms with E-state index >= 15 is 0 Å². The van der Waals surface area contributed by atoms with Crippen molar-refractivity contribution in [1.29, 1.82) is 0 Å². The third kappa shape index (κ3) is 6.44. The third-order valence-electron chi connectivity index (χ3n) is 7.43. The van der Waals surface area contributed by atoms with Gasteiger partial charge in [-0.15, -0.1) is 10.2 Å². The van der Waals surface area contributed by atoms with Crippen molar-refractivity contribution in [3.8, 4) is 11.4 Å². The fraction of sp³-hybridized carbons (Fsp3) is 0.125. The van der Waals surface area contributed by atoms with Gasteiger partial charge < -0.3 is 16.0 Å². The molecule has 3 aromatic carbocycles. The normalized spacial score (nSPS) is 11.7. The van der Waals surface area contributed by atoms with Crippen LogP contribution in [0.3, 0.4) is 0 Å². The number of nitrogens with one attached hydrogen (secondary N) is 4. The first-order valence-electron chi connectivity index (χ1n) is 14.4. The number of nitrogens with zero attached hydrogens (tertiary/aromatic N) is 6. The molecule has 6 aromatic rings. The van der Waals surface area contributed by atoms with Gasteiger partial charge >= 0.3 is 0 Å². The van der Waals surface area contributed by atoms with Crippen molar-refractivity contribution < 1.29 is 27.6 Å². The van der Waals surface area contributed by atoms with Crippen molar-refractivity contribution in [1.82, 2.24) is 45.9 Å². The molecule has 13 nitrogen and oxygen atoms in total. The predicted molar refractivity (Wildman–Crippen MR) is 165 cm³/mol. The number of halogens is 3. The average Bonchev–Trinajstić information content (AvgIpc) is 3.76. The topological polar surface area (TPSA) is 172 Å². The minimum atomic E-state index is -1.08. The number of para-hydroxylation sites is 1. The third-order valence-corrected chi connectivity index (χ3v) is 7.43. The molecule has 0 spiro atoms. The molecule has 0 fully saturated rings. The Balaban J connectivity index is 1.31. The Morgan fingerprint density at radius 3 is 2.46 bits per heavy atom. The van der Waals surface area contributed by atoms with Crippen LogP contribution in [0.4, 0.5) is 18.9 Å². The van der Waals surface area contributed by atoms with E-state index in [-0.39, 0.29) is 40.4 Å². The molecule has 242 valence electrons. The Hall–Kier alpha value is -6.45. The fourth-order valence-electron chi connectivity index (χ4n) is 4.91. The number of tetrazole rings is 1. The average molecular weight is 655 g/mol. The van der Waals surface area contributed by atoms with E-state index in [9.17, 15) is 27.6 Å². The van der Waals surface area contributed by atoms with Crippen molar-refractivity contribution in [3.63, 3.8) is 0 Å². The second-order valence-electron chi connectivity index (χ2n) is 10.7. The van der Waals surface area contributed by atoms with E-state index in [2.05, 4.69) is 46.7 Å². The zero-order chi connectivity index (χ0) is 33.9. The lowest BCUT2D eigenvalue weighted by atomic mass is 10.0. The minimum Gasteiger partial charge on any atom is -0.347 e. The number of hydrogen-bond acceptors (Lipinski definition) is 8. The molecule has 0 radical (unpaired) electrons.